The number of aryl methyl sites for hydroxylation is 1. The first kappa shape index (κ1) is 21.3. The molecular formula is C24H26FN9O2. The number of aromatic nitrogens is 7. The molecule has 0 spiro atoms. The second-order valence-electron chi connectivity index (χ2n) is 10.4. The lowest BCUT2D eigenvalue weighted by Crippen LogP contribution is -2.68. The van der Waals surface area contributed by atoms with Crippen molar-refractivity contribution in [2.45, 2.75) is 55.8 Å². The molecule has 4 aliphatic rings. The Morgan fingerprint density at radius 1 is 1.25 bits per heavy atom. The highest BCUT2D eigenvalue weighted by Crippen LogP contribution is 2.57. The van der Waals surface area contributed by atoms with E-state index in [4.69, 9.17) is 9.72 Å². The zero-order chi connectivity index (χ0) is 24.4. The van der Waals surface area contributed by atoms with Crippen LogP contribution in [0, 0.1) is 5.92 Å². The molecule has 4 saturated carbocycles. The van der Waals surface area contributed by atoms with Crippen molar-refractivity contribution in [3.8, 4) is 11.3 Å². The number of amides is 1. The van der Waals surface area contributed by atoms with E-state index < -0.39 is 18.4 Å². The van der Waals surface area contributed by atoms with Gasteiger partial charge in [-0.05, 0) is 44.1 Å². The number of carbonyl (C=O) groups is 1. The van der Waals surface area contributed by atoms with E-state index >= 15 is 0 Å². The number of nitrogens with zero attached hydrogens (tertiary/aromatic N) is 6. The summed E-state index contributed by atoms with van der Waals surface area (Å²) in [4.78, 5) is 17.1. The summed E-state index contributed by atoms with van der Waals surface area (Å²) in [5, 5.41) is 22.2. The second kappa shape index (κ2) is 7.77. The molecule has 4 aliphatic carbocycles. The van der Waals surface area contributed by atoms with Crippen LogP contribution in [0.5, 0.6) is 0 Å². The van der Waals surface area contributed by atoms with Gasteiger partial charge in [0.25, 0.3) is 0 Å². The van der Waals surface area contributed by atoms with Crippen LogP contribution in [0.25, 0.3) is 16.8 Å². The molecule has 0 unspecified atom stereocenters. The van der Waals surface area contributed by atoms with Crippen molar-refractivity contribution in [2.75, 3.05) is 5.32 Å². The number of halogens is 1. The van der Waals surface area contributed by atoms with Crippen LogP contribution in [-0.4, -0.2) is 58.5 Å². The number of rotatable bonds is 6. The smallest absolute Gasteiger partial charge is 0.407 e. The van der Waals surface area contributed by atoms with E-state index in [1.165, 1.54) is 0 Å². The van der Waals surface area contributed by atoms with Gasteiger partial charge in [-0.3, -0.25) is 9.78 Å². The van der Waals surface area contributed by atoms with Crippen molar-refractivity contribution in [3.63, 3.8) is 0 Å². The molecule has 4 aromatic heterocycles. The third-order valence-corrected chi connectivity index (χ3v) is 7.77. The Morgan fingerprint density at radius 3 is 2.86 bits per heavy atom. The van der Waals surface area contributed by atoms with Crippen molar-refractivity contribution in [3.05, 3.63) is 42.6 Å². The van der Waals surface area contributed by atoms with E-state index in [9.17, 15) is 9.18 Å². The first-order valence-electron chi connectivity index (χ1n) is 12.2. The Labute approximate surface area is 205 Å². The lowest BCUT2D eigenvalue weighted by atomic mass is 9.50. The van der Waals surface area contributed by atoms with Crippen LogP contribution in [-0.2, 0) is 11.8 Å². The summed E-state index contributed by atoms with van der Waals surface area (Å²) in [6.45, 7) is 0. The highest BCUT2D eigenvalue weighted by Gasteiger charge is 2.58. The van der Waals surface area contributed by atoms with Gasteiger partial charge in [-0.15, -0.1) is 0 Å². The predicted molar refractivity (Wildman–Crippen MR) is 127 cm³/mol. The molecule has 1 amide bonds. The summed E-state index contributed by atoms with van der Waals surface area (Å²) in [5.41, 5.74) is 3.08. The second-order valence-corrected chi connectivity index (χ2v) is 10.4. The summed E-state index contributed by atoms with van der Waals surface area (Å²) in [5.74, 6) is 1.77. The van der Waals surface area contributed by atoms with Crippen LogP contribution in [0.3, 0.4) is 0 Å². The molecule has 0 radical (unpaired) electrons. The zero-order valence-electron chi connectivity index (χ0n) is 19.7. The molecule has 0 saturated heterocycles. The quantitative estimate of drug-likeness (QED) is 0.377. The van der Waals surface area contributed by atoms with E-state index in [-0.39, 0.29) is 17.9 Å². The Balaban J connectivity index is 1.05. The number of ether oxygens (including phenoxy) is 1. The monoisotopic (exact) mass is 491 g/mol. The number of fused-ring (bicyclic) bond motifs is 1. The van der Waals surface area contributed by atoms with Crippen LogP contribution in [0.2, 0.25) is 0 Å². The lowest BCUT2D eigenvalue weighted by Gasteiger charge is -2.61. The zero-order valence-corrected chi connectivity index (χ0v) is 19.7. The van der Waals surface area contributed by atoms with Gasteiger partial charge in [-0.1, -0.05) is 0 Å². The number of aromatic amines is 1. The largest absolute Gasteiger partial charge is 0.443 e. The van der Waals surface area contributed by atoms with Crippen LogP contribution in [0.1, 0.15) is 43.7 Å². The highest BCUT2D eigenvalue weighted by atomic mass is 19.1. The number of alkyl carbamates (subject to hydrolysis) is 1. The van der Waals surface area contributed by atoms with E-state index in [2.05, 4.69) is 31.0 Å². The van der Waals surface area contributed by atoms with Gasteiger partial charge in [0.15, 0.2) is 11.6 Å². The third kappa shape index (κ3) is 3.59. The van der Waals surface area contributed by atoms with E-state index in [0.29, 0.717) is 23.8 Å². The average molecular weight is 492 g/mol. The Morgan fingerprint density at radius 2 is 2.11 bits per heavy atom. The van der Waals surface area contributed by atoms with E-state index in [0.717, 1.165) is 42.0 Å². The number of hydrogen-bond donors (Lipinski definition) is 3. The van der Waals surface area contributed by atoms with Gasteiger partial charge in [0.1, 0.15) is 17.8 Å². The molecule has 4 aromatic rings. The molecule has 0 aromatic carbocycles. The van der Waals surface area contributed by atoms with Crippen molar-refractivity contribution < 1.29 is 13.9 Å². The van der Waals surface area contributed by atoms with Gasteiger partial charge >= 0.3 is 6.09 Å². The lowest BCUT2D eigenvalue weighted by molar-refractivity contribution is -0.0530. The first-order chi connectivity index (χ1) is 17.4. The molecule has 3 N–H and O–H groups in total. The van der Waals surface area contributed by atoms with Crippen molar-refractivity contribution in [1.82, 2.24) is 39.9 Å². The summed E-state index contributed by atoms with van der Waals surface area (Å²) >= 11 is 0. The number of alkyl halides is 1. The number of anilines is 2. The van der Waals surface area contributed by atoms with Gasteiger partial charge in [-0.25, -0.2) is 18.7 Å². The van der Waals surface area contributed by atoms with Gasteiger partial charge in [0, 0.05) is 42.0 Å². The molecule has 11 nitrogen and oxygen atoms in total. The Hall–Kier alpha value is -3.96. The fourth-order valence-electron chi connectivity index (χ4n) is 5.78. The van der Waals surface area contributed by atoms with Gasteiger partial charge in [-0.2, -0.15) is 15.3 Å². The molecule has 3 atom stereocenters. The van der Waals surface area contributed by atoms with E-state index in [1.807, 2.05) is 31.6 Å². The summed E-state index contributed by atoms with van der Waals surface area (Å²) in [6.07, 6.45) is 8.44. The highest BCUT2D eigenvalue weighted by molar-refractivity contribution is 5.75. The van der Waals surface area contributed by atoms with Crippen LogP contribution in [0.15, 0.2) is 36.9 Å². The minimum atomic E-state index is -1.21. The average Bonchev–Trinajstić information content (AvgIpc) is 3.58. The van der Waals surface area contributed by atoms with Gasteiger partial charge < -0.3 is 15.4 Å². The first-order valence-corrected chi connectivity index (χ1v) is 12.2. The molecular weight excluding hydrogens is 465 g/mol. The van der Waals surface area contributed by atoms with Crippen molar-refractivity contribution >= 4 is 23.2 Å². The number of carbonyl (C=O) groups excluding carboxylic acids is 1. The van der Waals surface area contributed by atoms with Crippen molar-refractivity contribution in [1.29, 1.82) is 0 Å². The molecule has 0 aliphatic heterocycles. The molecule has 2 bridgehead atoms. The Kier molecular flexibility index (Phi) is 4.60. The van der Waals surface area contributed by atoms with Gasteiger partial charge in [0.2, 0.25) is 0 Å². The number of H-pyrrole nitrogens is 1. The molecule has 36 heavy (non-hydrogen) atoms. The predicted octanol–water partition coefficient (Wildman–Crippen LogP) is 3.46. The molecule has 12 heteroatoms. The third-order valence-electron chi connectivity index (χ3n) is 7.77. The minimum absolute atomic E-state index is 0.0845. The number of hydrogen-bond acceptors (Lipinski definition) is 7. The maximum atomic E-state index is 14.7. The maximum absolute atomic E-state index is 14.7. The molecule has 186 valence electrons. The Bertz CT molecular complexity index is 1440. The minimum Gasteiger partial charge on any atom is -0.443 e. The fourth-order valence-corrected chi connectivity index (χ4v) is 5.78. The summed E-state index contributed by atoms with van der Waals surface area (Å²) in [7, 11) is 1.85. The summed E-state index contributed by atoms with van der Waals surface area (Å²) < 4.78 is 23.7. The van der Waals surface area contributed by atoms with E-state index in [1.54, 1.807) is 21.6 Å². The van der Waals surface area contributed by atoms with Gasteiger partial charge in [0.05, 0.1) is 24.3 Å². The maximum Gasteiger partial charge on any atom is 0.407 e. The molecule has 4 heterocycles. The number of nitrogens with one attached hydrogen (secondary N) is 3. The fraction of sp³-hybridized carbons (Fsp3) is 0.458. The molecule has 4 fully saturated rings. The van der Waals surface area contributed by atoms with Crippen LogP contribution < -0.4 is 10.6 Å². The SMILES string of the molecule is Cn1cc(-c2cn3nccc3c(Nc3cc([C@H]4C[C@@H](F)[C@@H](OC(=O)NC56CC(C5)C6)C4)[nH]n3)n2)cn1. The summed E-state index contributed by atoms with van der Waals surface area (Å²) in [6, 6.07) is 3.72. The van der Waals surface area contributed by atoms with Crippen LogP contribution in [0.4, 0.5) is 20.8 Å². The van der Waals surface area contributed by atoms with Crippen LogP contribution >= 0.6 is 0 Å². The standard InChI is InChI=1S/C24H26FN9O2/c1-33-11-15(10-27-33)18-12-34-19(2-3-26-34)22(28-18)29-21-6-17(31-32-21)14-4-16(25)20(5-14)36-23(35)30-24-7-13(8-24)9-24/h2-3,6,10-14,16,20H,4-5,7-9H2,1H3,(H,30,35)(H2,28,29,31,32)/t13?,14-,16+,20-,24?/m0/s1. The van der Waals surface area contributed by atoms with Crippen molar-refractivity contribution in [2.24, 2.45) is 13.0 Å². The normalized spacial score (nSPS) is 28.5. The topological polar surface area (TPSA) is 127 Å². The molecule has 8 rings (SSSR count).